The summed E-state index contributed by atoms with van der Waals surface area (Å²) >= 11 is 0. The minimum Gasteiger partial charge on any atom is -0.211 e. The van der Waals surface area contributed by atoms with Crippen molar-refractivity contribution in [2.45, 2.75) is 32.0 Å². The minimum atomic E-state index is -1.74. The van der Waals surface area contributed by atoms with Gasteiger partial charge < -0.3 is 0 Å². The first-order valence-corrected chi connectivity index (χ1v) is 6.19. The Bertz CT molecular complexity index is 718. The molecule has 0 aliphatic carbocycles. The lowest BCUT2D eigenvalue weighted by Crippen LogP contribution is -2.26. The molecule has 0 N–H and O–H groups in total. The molecule has 0 aliphatic heterocycles. The normalized spacial score (nSPS) is 14.4. The quantitative estimate of drug-likeness (QED) is 0.492. The van der Waals surface area contributed by atoms with Crippen molar-refractivity contribution in [2.24, 2.45) is 0 Å². The molecule has 1 unspecified atom stereocenters. The molecule has 0 amide bonds. The van der Waals surface area contributed by atoms with E-state index in [0.29, 0.717) is 6.42 Å². The SMILES string of the molecule is [B]C(C)(CCC)c1c(F)c(F)c2nc(F)c(F)nc2c1F. The average Bonchev–Trinajstić information content (AvgIpc) is 2.38. The van der Waals surface area contributed by atoms with E-state index in [9.17, 15) is 22.0 Å². The van der Waals surface area contributed by atoms with Gasteiger partial charge in [0.05, 0.1) is 7.85 Å². The predicted molar refractivity (Wildman–Crippen MR) is 67.3 cm³/mol. The van der Waals surface area contributed by atoms with Gasteiger partial charge in [-0.15, -0.1) is 0 Å². The molecule has 2 aromatic rings. The zero-order valence-electron chi connectivity index (χ0n) is 11.3. The van der Waals surface area contributed by atoms with Crippen LogP contribution in [0.25, 0.3) is 11.0 Å². The van der Waals surface area contributed by atoms with Crippen LogP contribution in [0.5, 0.6) is 0 Å². The molecule has 2 radical (unpaired) electrons. The van der Waals surface area contributed by atoms with Gasteiger partial charge in [0.15, 0.2) is 17.5 Å². The lowest BCUT2D eigenvalue weighted by molar-refractivity contribution is 0.437. The summed E-state index contributed by atoms with van der Waals surface area (Å²) in [6.07, 6.45) is 0.637. The lowest BCUT2D eigenvalue weighted by Gasteiger charge is -2.26. The number of nitrogens with zero attached hydrogens (tertiary/aromatic N) is 2. The largest absolute Gasteiger partial charge is 0.269 e. The van der Waals surface area contributed by atoms with Crippen molar-refractivity contribution in [2.75, 3.05) is 0 Å². The molecule has 2 rings (SSSR count). The van der Waals surface area contributed by atoms with Gasteiger partial charge in [-0.2, -0.15) is 8.78 Å². The molecule has 110 valence electrons. The highest BCUT2D eigenvalue weighted by molar-refractivity contribution is 6.15. The fourth-order valence-electron chi connectivity index (χ4n) is 2.27. The highest BCUT2D eigenvalue weighted by Gasteiger charge is 2.32. The highest BCUT2D eigenvalue weighted by atomic mass is 19.2. The lowest BCUT2D eigenvalue weighted by atomic mass is 9.62. The molecule has 21 heavy (non-hydrogen) atoms. The Balaban J connectivity index is 2.89. The van der Waals surface area contributed by atoms with Gasteiger partial charge in [-0.1, -0.05) is 26.7 Å². The summed E-state index contributed by atoms with van der Waals surface area (Å²) in [5.74, 6) is -7.96. The molecule has 0 fully saturated rings. The molecular formula is C13H10BF5N2. The smallest absolute Gasteiger partial charge is 0.211 e. The maximum Gasteiger partial charge on any atom is 0.269 e. The number of hydrogen-bond acceptors (Lipinski definition) is 2. The highest BCUT2D eigenvalue weighted by Crippen LogP contribution is 2.35. The third-order valence-electron chi connectivity index (χ3n) is 3.20. The minimum absolute atomic E-state index is 0.156. The summed E-state index contributed by atoms with van der Waals surface area (Å²) in [6, 6.07) is 0. The van der Waals surface area contributed by atoms with Crippen molar-refractivity contribution in [1.29, 1.82) is 0 Å². The Morgan fingerprint density at radius 1 is 0.905 bits per heavy atom. The topological polar surface area (TPSA) is 25.8 Å². The first-order chi connectivity index (χ1) is 9.70. The van der Waals surface area contributed by atoms with E-state index in [2.05, 4.69) is 9.97 Å². The molecule has 0 spiro atoms. The number of rotatable bonds is 3. The van der Waals surface area contributed by atoms with Gasteiger partial charge in [0.2, 0.25) is 0 Å². The molecule has 0 saturated carbocycles. The summed E-state index contributed by atoms with van der Waals surface area (Å²) < 4.78 is 68.4. The molecule has 2 nitrogen and oxygen atoms in total. The fraction of sp³-hybridized carbons (Fsp3) is 0.385. The van der Waals surface area contributed by atoms with Gasteiger partial charge in [0, 0.05) is 5.56 Å². The van der Waals surface area contributed by atoms with Crippen LogP contribution in [0.3, 0.4) is 0 Å². The average molecular weight is 300 g/mol. The zero-order chi connectivity index (χ0) is 15.9. The van der Waals surface area contributed by atoms with Crippen molar-refractivity contribution in [3.05, 3.63) is 34.9 Å². The van der Waals surface area contributed by atoms with Crippen LogP contribution in [0, 0.1) is 29.3 Å². The second-order valence-electron chi connectivity index (χ2n) is 4.99. The molecule has 1 atom stereocenters. The Morgan fingerprint density at radius 3 is 1.86 bits per heavy atom. The molecule has 0 aliphatic rings. The van der Waals surface area contributed by atoms with Gasteiger partial charge in [0.25, 0.3) is 11.9 Å². The molecule has 1 aromatic heterocycles. The maximum absolute atomic E-state index is 14.4. The molecular weight excluding hydrogens is 290 g/mol. The monoisotopic (exact) mass is 300 g/mol. The molecule has 1 aromatic carbocycles. The van der Waals surface area contributed by atoms with Crippen LogP contribution < -0.4 is 0 Å². The maximum atomic E-state index is 14.4. The number of halogens is 5. The van der Waals surface area contributed by atoms with Crippen molar-refractivity contribution in [3.8, 4) is 0 Å². The standard InChI is InChI=1S/C13H10BF5N2/c1-3-4-13(2,14)5-6(15)8(17)10-9(7(5)16)20-11(18)12(19)21-10/h3-4H2,1-2H3. The van der Waals surface area contributed by atoms with E-state index in [1.807, 2.05) is 0 Å². The van der Waals surface area contributed by atoms with E-state index in [0.717, 1.165) is 0 Å². The Hall–Kier alpha value is -1.73. The van der Waals surface area contributed by atoms with Crippen LogP contribution >= 0.6 is 0 Å². The van der Waals surface area contributed by atoms with Crippen LogP contribution in [0.15, 0.2) is 0 Å². The van der Waals surface area contributed by atoms with Crippen molar-refractivity contribution in [1.82, 2.24) is 9.97 Å². The van der Waals surface area contributed by atoms with Gasteiger partial charge in [0.1, 0.15) is 11.0 Å². The van der Waals surface area contributed by atoms with Crippen molar-refractivity contribution >= 4 is 18.9 Å². The van der Waals surface area contributed by atoms with Crippen molar-refractivity contribution in [3.63, 3.8) is 0 Å². The second-order valence-corrected chi connectivity index (χ2v) is 4.99. The Morgan fingerprint density at radius 2 is 1.38 bits per heavy atom. The van der Waals surface area contributed by atoms with Crippen LogP contribution in [0.2, 0.25) is 0 Å². The number of aromatic nitrogens is 2. The summed E-state index contributed by atoms with van der Waals surface area (Å²) in [7, 11) is 5.82. The van der Waals surface area contributed by atoms with E-state index in [4.69, 9.17) is 7.85 Å². The zero-order valence-corrected chi connectivity index (χ0v) is 11.3. The summed E-state index contributed by atoms with van der Waals surface area (Å²) in [4.78, 5) is 5.84. The van der Waals surface area contributed by atoms with Gasteiger partial charge in [-0.25, -0.2) is 23.1 Å². The Labute approximate surface area is 118 Å². The van der Waals surface area contributed by atoms with E-state index < -0.39 is 51.3 Å². The van der Waals surface area contributed by atoms with E-state index in [1.54, 1.807) is 6.92 Å². The van der Waals surface area contributed by atoms with Crippen LogP contribution in [0.4, 0.5) is 22.0 Å². The molecule has 8 heteroatoms. The second kappa shape index (κ2) is 5.24. The van der Waals surface area contributed by atoms with Crippen LogP contribution in [-0.4, -0.2) is 17.8 Å². The molecule has 0 saturated heterocycles. The van der Waals surface area contributed by atoms with Crippen LogP contribution in [-0.2, 0) is 5.31 Å². The van der Waals surface area contributed by atoms with Crippen LogP contribution in [0.1, 0.15) is 32.3 Å². The van der Waals surface area contributed by atoms with E-state index >= 15 is 0 Å². The third kappa shape index (κ3) is 2.47. The van der Waals surface area contributed by atoms with Gasteiger partial charge in [-0.3, -0.25) is 0 Å². The predicted octanol–water partition coefficient (Wildman–Crippen LogP) is 3.51. The third-order valence-corrected chi connectivity index (χ3v) is 3.20. The Kier molecular flexibility index (Phi) is 3.90. The van der Waals surface area contributed by atoms with Crippen molar-refractivity contribution < 1.29 is 22.0 Å². The first kappa shape index (κ1) is 15.7. The van der Waals surface area contributed by atoms with E-state index in [-0.39, 0.29) is 6.42 Å². The summed E-state index contributed by atoms with van der Waals surface area (Å²) in [5, 5.41) is -1.52. The fourth-order valence-corrected chi connectivity index (χ4v) is 2.27. The number of benzene rings is 1. The number of hydrogen-bond donors (Lipinski definition) is 0. The summed E-state index contributed by atoms with van der Waals surface area (Å²) in [6.45, 7) is 3.05. The summed E-state index contributed by atoms with van der Waals surface area (Å²) in [5.41, 5.74) is -2.66. The number of fused-ring (bicyclic) bond motifs is 1. The molecule has 1 heterocycles. The first-order valence-electron chi connectivity index (χ1n) is 6.19. The van der Waals surface area contributed by atoms with Gasteiger partial charge >= 0.3 is 0 Å². The molecule has 0 bridgehead atoms. The van der Waals surface area contributed by atoms with Gasteiger partial charge in [-0.05, 0) is 5.31 Å². The van der Waals surface area contributed by atoms with E-state index in [1.165, 1.54) is 6.92 Å².